The highest BCUT2D eigenvalue weighted by Crippen LogP contribution is 2.20. The van der Waals surface area contributed by atoms with Gasteiger partial charge in [0.25, 0.3) is 0 Å². The third-order valence-electron chi connectivity index (χ3n) is 10.9. The van der Waals surface area contributed by atoms with Gasteiger partial charge in [-0.05, 0) is 77.4 Å². The Labute approximate surface area is 337 Å². The third-order valence-corrected chi connectivity index (χ3v) is 10.9. The summed E-state index contributed by atoms with van der Waals surface area (Å²) < 4.78 is 12.1. The van der Waals surface area contributed by atoms with Crippen LogP contribution in [0.2, 0.25) is 0 Å². The maximum atomic E-state index is 10.8. The number of aliphatic hydroxyl groups excluding tert-OH is 1. The van der Waals surface area contributed by atoms with Crippen molar-refractivity contribution in [3.05, 3.63) is 12.3 Å². The number of nitrogens with two attached hydrogens (primary N) is 2. The second-order valence-electron chi connectivity index (χ2n) is 16.4. The molecule has 0 saturated carbocycles. The molecule has 0 bridgehead atoms. The molecular weight excluding hydrogens is 669 g/mol. The highest BCUT2D eigenvalue weighted by atomic mass is 16.6. The van der Waals surface area contributed by atoms with E-state index < -0.39 is 6.29 Å². The van der Waals surface area contributed by atoms with E-state index in [0.717, 1.165) is 76.9 Å². The SMILES string of the molecule is C=C(CCCCCCCN(CCCCCCCC(O)OC(CCCCCCCC)CCCCCCCC)CCCN=C(N)N)OCCCCCCCCC. The van der Waals surface area contributed by atoms with E-state index in [1.807, 2.05) is 0 Å². The lowest BCUT2D eigenvalue weighted by Crippen LogP contribution is -2.28. The fraction of sp³-hybridized carbons (Fsp3) is 0.936. The number of aliphatic imine (C=N–C) groups is 1. The highest BCUT2D eigenvalue weighted by Gasteiger charge is 2.15. The molecule has 0 amide bonds. The first-order valence-electron chi connectivity index (χ1n) is 23.8. The van der Waals surface area contributed by atoms with Crippen LogP contribution in [0.3, 0.4) is 0 Å². The number of guanidine groups is 1. The van der Waals surface area contributed by atoms with Crippen LogP contribution in [0.5, 0.6) is 0 Å². The third kappa shape index (κ3) is 40.4. The molecule has 0 aliphatic carbocycles. The van der Waals surface area contributed by atoms with Gasteiger partial charge in [0.05, 0.1) is 18.5 Å². The molecule has 0 aromatic rings. The minimum absolute atomic E-state index is 0.189. The zero-order valence-corrected chi connectivity index (χ0v) is 36.8. The second kappa shape index (κ2) is 42.8. The summed E-state index contributed by atoms with van der Waals surface area (Å²) in [5.74, 6) is 1.16. The molecule has 0 radical (unpaired) electrons. The van der Waals surface area contributed by atoms with Crippen LogP contribution in [0.25, 0.3) is 0 Å². The Balaban J connectivity index is 4.24. The molecule has 1 atom stereocenters. The number of rotatable bonds is 45. The largest absolute Gasteiger partial charge is 0.499 e. The summed E-state index contributed by atoms with van der Waals surface area (Å²) in [5.41, 5.74) is 11.1. The molecule has 0 spiro atoms. The molecule has 0 rings (SSSR count). The Kier molecular flexibility index (Phi) is 41.8. The van der Waals surface area contributed by atoms with E-state index >= 15 is 0 Å². The van der Waals surface area contributed by atoms with Gasteiger partial charge in [0, 0.05) is 13.0 Å². The first-order valence-corrected chi connectivity index (χ1v) is 23.8. The van der Waals surface area contributed by atoms with E-state index in [-0.39, 0.29) is 12.1 Å². The maximum absolute atomic E-state index is 10.8. The lowest BCUT2D eigenvalue weighted by atomic mass is 10.0. The van der Waals surface area contributed by atoms with Crippen molar-refractivity contribution in [3.8, 4) is 0 Å². The van der Waals surface area contributed by atoms with Gasteiger partial charge in [-0.25, -0.2) is 0 Å². The van der Waals surface area contributed by atoms with Gasteiger partial charge in [-0.3, -0.25) is 4.99 Å². The standard InChI is InChI=1S/C47H96N4O3/c1-5-8-11-14-17-26-33-43-53-44(4)35-27-20-18-24-31-40-51(42-34-39-50-47(48)49)41-32-25-19-23-30-38-46(52)54-45(36-28-21-15-12-9-6-2)37-29-22-16-13-10-7-3/h45-46,52H,4-43H2,1-3H3,(H4,48,49,50). The quantitative estimate of drug-likeness (QED) is 0.0187. The summed E-state index contributed by atoms with van der Waals surface area (Å²) >= 11 is 0. The number of hydrogen-bond donors (Lipinski definition) is 3. The summed E-state index contributed by atoms with van der Waals surface area (Å²) in [6, 6.07) is 0. The van der Waals surface area contributed by atoms with Crippen LogP contribution in [-0.4, -0.2) is 61.1 Å². The summed E-state index contributed by atoms with van der Waals surface area (Å²) in [6.07, 6.45) is 41.7. The monoisotopic (exact) mass is 765 g/mol. The van der Waals surface area contributed by atoms with Gasteiger partial charge in [0.2, 0.25) is 0 Å². The number of hydrogen-bond acceptors (Lipinski definition) is 5. The highest BCUT2D eigenvalue weighted by molar-refractivity contribution is 5.75. The Morgan fingerprint density at radius 3 is 1.44 bits per heavy atom. The predicted molar refractivity (Wildman–Crippen MR) is 237 cm³/mol. The summed E-state index contributed by atoms with van der Waals surface area (Å²) in [7, 11) is 0. The average molecular weight is 765 g/mol. The topological polar surface area (TPSA) is 106 Å². The molecule has 0 saturated heterocycles. The molecule has 0 aliphatic rings. The van der Waals surface area contributed by atoms with Crippen molar-refractivity contribution in [1.29, 1.82) is 0 Å². The second-order valence-corrected chi connectivity index (χ2v) is 16.4. The van der Waals surface area contributed by atoms with Crippen LogP contribution < -0.4 is 11.5 Å². The molecule has 0 heterocycles. The number of ether oxygens (including phenoxy) is 2. The van der Waals surface area contributed by atoms with Crippen molar-refractivity contribution in [2.24, 2.45) is 16.5 Å². The van der Waals surface area contributed by atoms with Crippen LogP contribution in [0, 0.1) is 0 Å². The molecule has 0 aromatic heterocycles. The van der Waals surface area contributed by atoms with Crippen LogP contribution in [0.1, 0.15) is 239 Å². The van der Waals surface area contributed by atoms with Gasteiger partial charge >= 0.3 is 0 Å². The molecule has 5 N–H and O–H groups in total. The summed E-state index contributed by atoms with van der Waals surface area (Å²) in [5, 5.41) is 10.8. The van der Waals surface area contributed by atoms with Crippen LogP contribution in [-0.2, 0) is 9.47 Å². The minimum Gasteiger partial charge on any atom is -0.499 e. The first kappa shape index (κ1) is 52.7. The van der Waals surface area contributed by atoms with E-state index in [4.69, 9.17) is 20.9 Å². The fourth-order valence-corrected chi connectivity index (χ4v) is 7.43. The zero-order valence-electron chi connectivity index (χ0n) is 36.8. The van der Waals surface area contributed by atoms with E-state index in [1.54, 1.807) is 0 Å². The molecule has 54 heavy (non-hydrogen) atoms. The number of allylic oxidation sites excluding steroid dienone is 1. The predicted octanol–water partition coefficient (Wildman–Crippen LogP) is 13.1. The van der Waals surface area contributed by atoms with Gasteiger partial charge in [-0.1, -0.05) is 181 Å². The van der Waals surface area contributed by atoms with Gasteiger partial charge in [-0.2, -0.15) is 0 Å². The Bertz CT molecular complexity index is 775. The molecule has 0 fully saturated rings. The number of nitrogens with zero attached hydrogens (tertiary/aromatic N) is 2. The van der Waals surface area contributed by atoms with E-state index in [9.17, 15) is 5.11 Å². The van der Waals surface area contributed by atoms with E-state index in [2.05, 4.69) is 37.2 Å². The van der Waals surface area contributed by atoms with Gasteiger partial charge in [-0.15, -0.1) is 0 Å². The smallest absolute Gasteiger partial charge is 0.185 e. The first-order chi connectivity index (χ1) is 26.4. The van der Waals surface area contributed by atoms with Gasteiger partial charge in [0.15, 0.2) is 12.2 Å². The lowest BCUT2D eigenvalue weighted by molar-refractivity contribution is -0.144. The Hall–Kier alpha value is -1.31. The fourth-order valence-electron chi connectivity index (χ4n) is 7.43. The molecule has 322 valence electrons. The Morgan fingerprint density at radius 2 is 0.944 bits per heavy atom. The van der Waals surface area contributed by atoms with Crippen molar-refractivity contribution in [2.75, 3.05) is 32.8 Å². The molecule has 0 aliphatic heterocycles. The van der Waals surface area contributed by atoms with E-state index in [1.165, 1.54) is 173 Å². The molecule has 7 heteroatoms. The van der Waals surface area contributed by atoms with Gasteiger partial charge in [0.1, 0.15) is 0 Å². The summed E-state index contributed by atoms with van der Waals surface area (Å²) in [4.78, 5) is 6.82. The molecule has 0 aromatic carbocycles. The molecule has 1 unspecified atom stereocenters. The Morgan fingerprint density at radius 1 is 0.537 bits per heavy atom. The minimum atomic E-state index is -0.609. The van der Waals surface area contributed by atoms with Crippen molar-refractivity contribution in [3.63, 3.8) is 0 Å². The maximum Gasteiger partial charge on any atom is 0.185 e. The van der Waals surface area contributed by atoms with Crippen molar-refractivity contribution in [2.45, 2.75) is 251 Å². The van der Waals surface area contributed by atoms with Crippen molar-refractivity contribution in [1.82, 2.24) is 4.90 Å². The lowest BCUT2D eigenvalue weighted by Gasteiger charge is -2.22. The normalized spacial score (nSPS) is 12.2. The van der Waals surface area contributed by atoms with Crippen LogP contribution >= 0.6 is 0 Å². The van der Waals surface area contributed by atoms with Crippen molar-refractivity contribution >= 4 is 5.96 Å². The van der Waals surface area contributed by atoms with Crippen LogP contribution in [0.15, 0.2) is 17.3 Å². The summed E-state index contributed by atoms with van der Waals surface area (Å²) in [6.45, 7) is 15.9. The van der Waals surface area contributed by atoms with Crippen LogP contribution in [0.4, 0.5) is 0 Å². The number of unbranched alkanes of at least 4 members (excludes halogenated alkanes) is 24. The number of aliphatic hydroxyl groups is 1. The van der Waals surface area contributed by atoms with Crippen molar-refractivity contribution < 1.29 is 14.6 Å². The molecular formula is C47H96N4O3. The molecule has 7 nitrogen and oxygen atoms in total. The average Bonchev–Trinajstić information content (AvgIpc) is 3.15. The van der Waals surface area contributed by atoms with E-state index in [0.29, 0.717) is 6.54 Å². The zero-order chi connectivity index (χ0) is 39.6. The van der Waals surface area contributed by atoms with Gasteiger partial charge < -0.3 is 30.9 Å².